The Morgan fingerprint density at radius 2 is 2.38 bits per heavy atom. The second-order valence-electron chi connectivity index (χ2n) is 3.00. The van der Waals surface area contributed by atoms with Crippen molar-refractivity contribution in [2.75, 3.05) is 0 Å². The average Bonchev–Trinajstić information content (AvgIpc) is 2.26. The van der Waals surface area contributed by atoms with Crippen LogP contribution in [0.4, 0.5) is 0 Å². The summed E-state index contributed by atoms with van der Waals surface area (Å²) < 4.78 is 0. The van der Waals surface area contributed by atoms with Crippen LogP contribution in [0.2, 0.25) is 0 Å². The van der Waals surface area contributed by atoms with Crippen molar-refractivity contribution < 1.29 is 0 Å². The Morgan fingerprint density at radius 3 is 3.08 bits per heavy atom. The SMILES string of the molecule is C=CCCC1=C=C(Cl)C(C)=CC=C1. The summed E-state index contributed by atoms with van der Waals surface area (Å²) >= 11 is 6.00. The molecule has 68 valence electrons. The number of hydrogen-bond donors (Lipinski definition) is 0. The van der Waals surface area contributed by atoms with Crippen LogP contribution in [0.15, 0.2) is 52.8 Å². The Kier molecular flexibility index (Phi) is 3.82. The predicted molar refractivity (Wildman–Crippen MR) is 58.7 cm³/mol. The van der Waals surface area contributed by atoms with E-state index in [1.807, 2.05) is 31.2 Å². The second kappa shape index (κ2) is 4.91. The van der Waals surface area contributed by atoms with E-state index in [1.165, 1.54) is 0 Å². The number of halogens is 1. The van der Waals surface area contributed by atoms with E-state index < -0.39 is 0 Å². The van der Waals surface area contributed by atoms with Crippen LogP contribution in [0.3, 0.4) is 0 Å². The molecule has 0 aromatic rings. The van der Waals surface area contributed by atoms with Crippen molar-refractivity contribution in [2.45, 2.75) is 19.8 Å². The van der Waals surface area contributed by atoms with Gasteiger partial charge in [-0.2, -0.15) is 0 Å². The van der Waals surface area contributed by atoms with E-state index in [-0.39, 0.29) is 0 Å². The van der Waals surface area contributed by atoms with Gasteiger partial charge in [0.25, 0.3) is 0 Å². The topological polar surface area (TPSA) is 0 Å². The van der Waals surface area contributed by atoms with Crippen molar-refractivity contribution in [3.63, 3.8) is 0 Å². The Labute approximate surface area is 84.6 Å². The quantitative estimate of drug-likeness (QED) is 0.466. The van der Waals surface area contributed by atoms with Gasteiger partial charge in [-0.1, -0.05) is 41.6 Å². The van der Waals surface area contributed by atoms with Crippen molar-refractivity contribution >= 4 is 11.6 Å². The minimum atomic E-state index is 0.712. The molecule has 0 aromatic carbocycles. The molecule has 0 spiro atoms. The molecule has 0 N–H and O–H groups in total. The summed E-state index contributed by atoms with van der Waals surface area (Å²) in [6, 6.07) is 0. The van der Waals surface area contributed by atoms with Gasteiger partial charge in [-0.25, -0.2) is 0 Å². The van der Waals surface area contributed by atoms with E-state index in [9.17, 15) is 0 Å². The number of allylic oxidation sites excluding steroid dienone is 6. The summed E-state index contributed by atoms with van der Waals surface area (Å²) in [5, 5.41) is 0.712. The first-order valence-electron chi connectivity index (χ1n) is 4.35. The van der Waals surface area contributed by atoms with Crippen LogP contribution in [-0.2, 0) is 0 Å². The first-order valence-corrected chi connectivity index (χ1v) is 4.73. The molecule has 0 unspecified atom stereocenters. The molecule has 1 aliphatic carbocycles. The van der Waals surface area contributed by atoms with Crippen LogP contribution in [-0.4, -0.2) is 0 Å². The van der Waals surface area contributed by atoms with E-state index in [2.05, 4.69) is 12.3 Å². The highest BCUT2D eigenvalue weighted by Crippen LogP contribution is 2.18. The lowest BCUT2D eigenvalue weighted by Gasteiger charge is -1.93. The van der Waals surface area contributed by atoms with Crippen molar-refractivity contribution in [2.24, 2.45) is 0 Å². The van der Waals surface area contributed by atoms with E-state index in [0.717, 1.165) is 24.0 Å². The van der Waals surface area contributed by atoms with Gasteiger partial charge in [-0.3, -0.25) is 0 Å². The largest absolute Gasteiger partial charge is 0.103 e. The van der Waals surface area contributed by atoms with Gasteiger partial charge in [-0.15, -0.1) is 6.58 Å². The molecule has 1 rings (SSSR count). The molecule has 0 radical (unpaired) electrons. The molecular formula is C12H13Cl. The molecule has 1 aliphatic rings. The average molecular weight is 193 g/mol. The van der Waals surface area contributed by atoms with Gasteiger partial charge < -0.3 is 0 Å². The second-order valence-corrected chi connectivity index (χ2v) is 3.38. The van der Waals surface area contributed by atoms with Gasteiger partial charge in [-0.05, 0) is 30.9 Å². The highest BCUT2D eigenvalue weighted by molar-refractivity contribution is 6.31. The number of hydrogen-bond acceptors (Lipinski definition) is 0. The zero-order valence-electron chi connectivity index (χ0n) is 7.81. The zero-order chi connectivity index (χ0) is 9.68. The molecule has 0 saturated carbocycles. The Hall–Kier alpha value is -0.970. The van der Waals surface area contributed by atoms with E-state index >= 15 is 0 Å². The molecule has 0 heterocycles. The van der Waals surface area contributed by atoms with Gasteiger partial charge in [0, 0.05) is 0 Å². The molecule has 0 aliphatic heterocycles. The van der Waals surface area contributed by atoms with Crippen molar-refractivity contribution in [3.8, 4) is 0 Å². The smallest absolute Gasteiger partial charge is 0.0856 e. The first kappa shape index (κ1) is 10.1. The lowest BCUT2D eigenvalue weighted by Crippen LogP contribution is -1.75. The summed E-state index contributed by atoms with van der Waals surface area (Å²) in [6.07, 6.45) is 9.88. The highest BCUT2D eigenvalue weighted by atomic mass is 35.5. The third-order valence-corrected chi connectivity index (χ3v) is 2.27. The molecule has 0 atom stereocenters. The predicted octanol–water partition coefficient (Wildman–Crippen LogP) is 4.12. The Bertz CT molecular complexity index is 323. The van der Waals surface area contributed by atoms with Gasteiger partial charge in [0.2, 0.25) is 0 Å². The molecule has 0 amide bonds. The van der Waals surface area contributed by atoms with Crippen molar-refractivity contribution in [3.05, 3.63) is 52.8 Å². The lowest BCUT2D eigenvalue weighted by atomic mass is 10.1. The Balaban J connectivity index is 2.86. The maximum Gasteiger partial charge on any atom is 0.0856 e. The molecule has 0 aromatic heterocycles. The first-order chi connectivity index (χ1) is 6.24. The third kappa shape index (κ3) is 3.10. The normalized spacial score (nSPS) is 15.7. The number of rotatable bonds is 3. The minimum Gasteiger partial charge on any atom is -0.103 e. The highest BCUT2D eigenvalue weighted by Gasteiger charge is 1.98. The minimum absolute atomic E-state index is 0.712. The van der Waals surface area contributed by atoms with E-state index in [1.54, 1.807) is 0 Å². The fourth-order valence-corrected chi connectivity index (χ4v) is 1.25. The summed E-state index contributed by atoms with van der Waals surface area (Å²) in [5.41, 5.74) is 5.36. The standard InChI is InChI=1S/C12H13Cl/c1-3-4-7-11-8-5-6-10(2)12(13)9-11/h3,5-6,8H,1,4,7H2,2H3. The molecular weight excluding hydrogens is 180 g/mol. The maximum atomic E-state index is 6.00. The van der Waals surface area contributed by atoms with Crippen LogP contribution >= 0.6 is 11.6 Å². The van der Waals surface area contributed by atoms with Crippen LogP contribution in [0.25, 0.3) is 0 Å². The summed E-state index contributed by atoms with van der Waals surface area (Å²) in [5.74, 6) is 0. The maximum absolute atomic E-state index is 6.00. The fourth-order valence-electron chi connectivity index (χ4n) is 1.07. The molecule has 1 heteroatoms. The van der Waals surface area contributed by atoms with Gasteiger partial charge in [0.1, 0.15) is 0 Å². The zero-order valence-corrected chi connectivity index (χ0v) is 8.56. The lowest BCUT2D eigenvalue weighted by molar-refractivity contribution is 1.01. The monoisotopic (exact) mass is 192 g/mol. The van der Waals surface area contributed by atoms with Crippen LogP contribution in [0.1, 0.15) is 19.8 Å². The van der Waals surface area contributed by atoms with E-state index in [4.69, 9.17) is 11.6 Å². The van der Waals surface area contributed by atoms with Crippen LogP contribution in [0.5, 0.6) is 0 Å². The van der Waals surface area contributed by atoms with Gasteiger partial charge in [0.05, 0.1) is 5.03 Å². The fraction of sp³-hybridized carbons (Fsp3) is 0.250. The van der Waals surface area contributed by atoms with Crippen LogP contribution < -0.4 is 0 Å². The molecule has 13 heavy (non-hydrogen) atoms. The molecule has 0 bridgehead atoms. The summed E-state index contributed by atoms with van der Waals surface area (Å²) in [6.45, 7) is 5.67. The van der Waals surface area contributed by atoms with Gasteiger partial charge in [0.15, 0.2) is 0 Å². The summed E-state index contributed by atoms with van der Waals surface area (Å²) in [4.78, 5) is 0. The summed E-state index contributed by atoms with van der Waals surface area (Å²) in [7, 11) is 0. The van der Waals surface area contributed by atoms with Crippen LogP contribution in [0, 0.1) is 0 Å². The van der Waals surface area contributed by atoms with Crippen molar-refractivity contribution in [1.29, 1.82) is 0 Å². The van der Waals surface area contributed by atoms with E-state index in [0.29, 0.717) is 5.03 Å². The Morgan fingerprint density at radius 1 is 1.62 bits per heavy atom. The molecule has 0 nitrogen and oxygen atoms in total. The third-order valence-electron chi connectivity index (χ3n) is 1.88. The molecule has 0 saturated heterocycles. The van der Waals surface area contributed by atoms with Gasteiger partial charge >= 0.3 is 0 Å². The molecule has 0 fully saturated rings. The van der Waals surface area contributed by atoms with Crippen molar-refractivity contribution in [1.82, 2.24) is 0 Å².